The highest BCUT2D eigenvalue weighted by Crippen LogP contribution is 2.33. The van der Waals surface area contributed by atoms with Gasteiger partial charge < -0.3 is 0 Å². The fourth-order valence-electron chi connectivity index (χ4n) is 2.19. The first kappa shape index (κ1) is 11.0. The zero-order valence-electron chi connectivity index (χ0n) is 8.74. The van der Waals surface area contributed by atoms with Crippen molar-refractivity contribution in [2.24, 2.45) is 5.41 Å². The largest absolute Gasteiger partial charge is 0.0654 e. The Kier molecular flexibility index (Phi) is 5.62. The SMILES string of the molecule is CCCC(C)(CCC)CCC. The van der Waals surface area contributed by atoms with Crippen LogP contribution in [0.25, 0.3) is 0 Å². The van der Waals surface area contributed by atoms with Gasteiger partial charge in [-0.25, -0.2) is 0 Å². The summed E-state index contributed by atoms with van der Waals surface area (Å²) < 4.78 is 0. The molecule has 0 heterocycles. The normalized spacial score (nSPS) is 12.0. The van der Waals surface area contributed by atoms with Crippen LogP contribution in [0.4, 0.5) is 0 Å². The Bertz CT molecular complexity index is 67.0. The van der Waals surface area contributed by atoms with Gasteiger partial charge in [0.2, 0.25) is 0 Å². The lowest BCUT2D eigenvalue weighted by atomic mass is 9.78. The van der Waals surface area contributed by atoms with Gasteiger partial charge in [0.25, 0.3) is 0 Å². The van der Waals surface area contributed by atoms with Gasteiger partial charge >= 0.3 is 0 Å². The Morgan fingerprint density at radius 3 is 1.18 bits per heavy atom. The monoisotopic (exact) mass is 156 g/mol. The van der Waals surface area contributed by atoms with Gasteiger partial charge in [-0.1, -0.05) is 47.0 Å². The molecule has 0 amide bonds. The molecule has 0 aromatic carbocycles. The lowest BCUT2D eigenvalue weighted by Gasteiger charge is -2.28. The van der Waals surface area contributed by atoms with Crippen LogP contribution in [-0.4, -0.2) is 0 Å². The smallest absolute Gasteiger partial charge is 0.0326 e. The maximum Gasteiger partial charge on any atom is -0.0326 e. The van der Waals surface area contributed by atoms with Crippen LogP contribution in [0.15, 0.2) is 0 Å². The molecule has 0 aliphatic heterocycles. The summed E-state index contributed by atoms with van der Waals surface area (Å²) in [5, 5.41) is 0. The van der Waals surface area contributed by atoms with Gasteiger partial charge in [0.1, 0.15) is 0 Å². The van der Waals surface area contributed by atoms with E-state index in [1.165, 1.54) is 38.5 Å². The standard InChI is InChI=1S/C11H24/c1-5-8-11(4,9-6-2)10-7-3/h5-10H2,1-4H3. The summed E-state index contributed by atoms with van der Waals surface area (Å²) in [7, 11) is 0. The molecule has 0 saturated carbocycles. The van der Waals surface area contributed by atoms with Gasteiger partial charge in [0, 0.05) is 0 Å². The average molecular weight is 156 g/mol. The molecule has 0 spiro atoms. The second kappa shape index (κ2) is 5.62. The molecular weight excluding hydrogens is 132 g/mol. The maximum absolute atomic E-state index is 2.45. The highest BCUT2D eigenvalue weighted by Gasteiger charge is 2.20. The van der Waals surface area contributed by atoms with Crippen LogP contribution in [0.2, 0.25) is 0 Å². The second-order valence-electron chi connectivity index (χ2n) is 4.06. The molecule has 68 valence electrons. The summed E-state index contributed by atoms with van der Waals surface area (Å²) >= 11 is 0. The van der Waals surface area contributed by atoms with Crippen molar-refractivity contribution >= 4 is 0 Å². The molecule has 11 heavy (non-hydrogen) atoms. The number of rotatable bonds is 6. The molecule has 0 bridgehead atoms. The molecule has 0 aromatic heterocycles. The van der Waals surface area contributed by atoms with Crippen LogP contribution in [-0.2, 0) is 0 Å². The van der Waals surface area contributed by atoms with E-state index in [0.29, 0.717) is 5.41 Å². The van der Waals surface area contributed by atoms with Gasteiger partial charge in [-0.2, -0.15) is 0 Å². The fraction of sp³-hybridized carbons (Fsp3) is 1.00. The minimum atomic E-state index is 0.651. The molecule has 0 unspecified atom stereocenters. The summed E-state index contributed by atoms with van der Waals surface area (Å²) in [4.78, 5) is 0. The molecule has 0 saturated heterocycles. The zero-order chi connectivity index (χ0) is 8.74. The van der Waals surface area contributed by atoms with Crippen molar-refractivity contribution in [3.8, 4) is 0 Å². The van der Waals surface area contributed by atoms with E-state index in [1.807, 2.05) is 0 Å². The quantitative estimate of drug-likeness (QED) is 0.535. The molecular formula is C11H24. The van der Waals surface area contributed by atoms with E-state index >= 15 is 0 Å². The summed E-state index contributed by atoms with van der Waals surface area (Å²) in [6, 6.07) is 0. The Morgan fingerprint density at radius 1 is 0.727 bits per heavy atom. The molecule has 0 atom stereocenters. The van der Waals surface area contributed by atoms with Crippen molar-refractivity contribution < 1.29 is 0 Å². The van der Waals surface area contributed by atoms with E-state index in [0.717, 1.165) is 0 Å². The minimum absolute atomic E-state index is 0.651. The predicted molar refractivity (Wildman–Crippen MR) is 52.8 cm³/mol. The highest BCUT2D eigenvalue weighted by atomic mass is 14.3. The molecule has 0 N–H and O–H groups in total. The zero-order valence-corrected chi connectivity index (χ0v) is 8.74. The lowest BCUT2D eigenvalue weighted by molar-refractivity contribution is 0.242. The summed E-state index contributed by atoms with van der Waals surface area (Å²) in [5.41, 5.74) is 0.651. The molecule has 0 aliphatic carbocycles. The van der Waals surface area contributed by atoms with Crippen LogP contribution >= 0.6 is 0 Å². The molecule has 0 aromatic rings. The van der Waals surface area contributed by atoms with Crippen molar-refractivity contribution in [1.82, 2.24) is 0 Å². The lowest BCUT2D eigenvalue weighted by Crippen LogP contribution is -2.15. The molecule has 0 radical (unpaired) electrons. The third-order valence-corrected chi connectivity index (χ3v) is 2.56. The van der Waals surface area contributed by atoms with E-state index in [9.17, 15) is 0 Å². The topological polar surface area (TPSA) is 0 Å². The van der Waals surface area contributed by atoms with Gasteiger partial charge in [0.05, 0.1) is 0 Å². The van der Waals surface area contributed by atoms with E-state index < -0.39 is 0 Å². The second-order valence-corrected chi connectivity index (χ2v) is 4.06. The molecule has 0 fully saturated rings. The minimum Gasteiger partial charge on any atom is -0.0654 e. The summed E-state index contributed by atoms with van der Waals surface area (Å²) in [5.74, 6) is 0. The number of hydrogen-bond donors (Lipinski definition) is 0. The van der Waals surface area contributed by atoms with Gasteiger partial charge in [0.15, 0.2) is 0 Å². The van der Waals surface area contributed by atoms with E-state index in [1.54, 1.807) is 0 Å². The van der Waals surface area contributed by atoms with Crippen molar-refractivity contribution in [2.45, 2.75) is 66.2 Å². The summed E-state index contributed by atoms with van der Waals surface area (Å²) in [6.45, 7) is 9.33. The number of hydrogen-bond acceptors (Lipinski definition) is 0. The molecule has 0 rings (SSSR count). The Labute approximate surface area is 72.4 Å². The first-order valence-corrected chi connectivity index (χ1v) is 5.18. The van der Waals surface area contributed by atoms with Crippen molar-refractivity contribution in [3.63, 3.8) is 0 Å². The van der Waals surface area contributed by atoms with Crippen LogP contribution < -0.4 is 0 Å². The fourth-order valence-corrected chi connectivity index (χ4v) is 2.19. The predicted octanol–water partition coefficient (Wildman–Crippen LogP) is 4.39. The molecule has 0 nitrogen and oxygen atoms in total. The van der Waals surface area contributed by atoms with Crippen molar-refractivity contribution in [2.75, 3.05) is 0 Å². The van der Waals surface area contributed by atoms with Crippen LogP contribution in [0.5, 0.6) is 0 Å². The molecule has 0 heteroatoms. The van der Waals surface area contributed by atoms with E-state index in [2.05, 4.69) is 27.7 Å². The van der Waals surface area contributed by atoms with Crippen molar-refractivity contribution in [1.29, 1.82) is 0 Å². The Balaban J connectivity index is 3.79. The van der Waals surface area contributed by atoms with Crippen LogP contribution in [0.3, 0.4) is 0 Å². The average Bonchev–Trinajstić information content (AvgIpc) is 1.88. The van der Waals surface area contributed by atoms with Crippen LogP contribution in [0.1, 0.15) is 66.2 Å². The van der Waals surface area contributed by atoms with Crippen molar-refractivity contribution in [3.05, 3.63) is 0 Å². The van der Waals surface area contributed by atoms with Gasteiger partial charge in [-0.15, -0.1) is 0 Å². The van der Waals surface area contributed by atoms with Gasteiger partial charge in [-0.3, -0.25) is 0 Å². The highest BCUT2D eigenvalue weighted by molar-refractivity contribution is 4.72. The Morgan fingerprint density at radius 2 is 1.00 bits per heavy atom. The first-order valence-electron chi connectivity index (χ1n) is 5.18. The van der Waals surface area contributed by atoms with Gasteiger partial charge in [-0.05, 0) is 24.7 Å². The third kappa shape index (κ3) is 4.44. The maximum atomic E-state index is 2.45. The Hall–Kier alpha value is 0. The van der Waals surface area contributed by atoms with E-state index in [4.69, 9.17) is 0 Å². The summed E-state index contributed by atoms with van der Waals surface area (Å²) in [6.07, 6.45) is 8.27. The third-order valence-electron chi connectivity index (χ3n) is 2.56. The van der Waals surface area contributed by atoms with Crippen LogP contribution in [0, 0.1) is 5.41 Å². The first-order chi connectivity index (χ1) is 5.18. The molecule has 0 aliphatic rings. The van der Waals surface area contributed by atoms with E-state index in [-0.39, 0.29) is 0 Å².